The molecule has 2 heterocycles. The Labute approximate surface area is 104 Å². The average Bonchev–Trinajstić information content (AvgIpc) is 2.88. The normalized spacial score (nSPS) is 10.9. The molecule has 0 aliphatic carbocycles. The standard InChI is InChI=1S/C11H15N3S2/c1-3-10-14-9(7-16-10)4-12-5-11-13-8(2)6-15-11/h6-7,12H,3-5H2,1-2H3. The summed E-state index contributed by atoms with van der Waals surface area (Å²) >= 11 is 3.44. The van der Waals surface area contributed by atoms with E-state index in [1.54, 1.807) is 22.7 Å². The second kappa shape index (κ2) is 5.52. The van der Waals surface area contributed by atoms with Gasteiger partial charge in [-0.1, -0.05) is 6.92 Å². The molecule has 0 amide bonds. The smallest absolute Gasteiger partial charge is 0.107 e. The monoisotopic (exact) mass is 253 g/mol. The molecule has 0 radical (unpaired) electrons. The molecule has 0 fully saturated rings. The van der Waals surface area contributed by atoms with Gasteiger partial charge in [0.15, 0.2) is 0 Å². The van der Waals surface area contributed by atoms with Crippen LogP contribution in [-0.2, 0) is 19.5 Å². The maximum atomic E-state index is 4.50. The predicted molar refractivity (Wildman–Crippen MR) is 68.9 cm³/mol. The second-order valence-corrected chi connectivity index (χ2v) is 5.46. The third kappa shape index (κ3) is 3.10. The highest BCUT2D eigenvalue weighted by Crippen LogP contribution is 2.11. The molecule has 86 valence electrons. The van der Waals surface area contributed by atoms with Crippen molar-refractivity contribution < 1.29 is 0 Å². The minimum absolute atomic E-state index is 0.828. The van der Waals surface area contributed by atoms with Crippen molar-refractivity contribution in [3.63, 3.8) is 0 Å². The summed E-state index contributed by atoms with van der Waals surface area (Å²) in [7, 11) is 0. The van der Waals surface area contributed by atoms with Gasteiger partial charge in [0.2, 0.25) is 0 Å². The van der Waals surface area contributed by atoms with Gasteiger partial charge in [0.05, 0.1) is 10.7 Å². The zero-order chi connectivity index (χ0) is 11.4. The van der Waals surface area contributed by atoms with Gasteiger partial charge >= 0.3 is 0 Å². The van der Waals surface area contributed by atoms with E-state index in [4.69, 9.17) is 0 Å². The zero-order valence-corrected chi connectivity index (χ0v) is 11.1. The minimum atomic E-state index is 0.828. The summed E-state index contributed by atoms with van der Waals surface area (Å²) in [6.07, 6.45) is 1.02. The van der Waals surface area contributed by atoms with Crippen molar-refractivity contribution in [2.24, 2.45) is 0 Å². The van der Waals surface area contributed by atoms with Crippen molar-refractivity contribution in [3.05, 3.63) is 32.2 Å². The number of nitrogens with one attached hydrogen (secondary N) is 1. The quantitative estimate of drug-likeness (QED) is 0.890. The molecule has 16 heavy (non-hydrogen) atoms. The Morgan fingerprint density at radius 2 is 1.94 bits per heavy atom. The van der Waals surface area contributed by atoms with E-state index in [0.717, 1.165) is 35.9 Å². The SMILES string of the molecule is CCc1nc(CNCc2nc(C)cs2)cs1. The first-order valence-corrected chi connectivity index (χ1v) is 7.09. The zero-order valence-electron chi connectivity index (χ0n) is 9.49. The van der Waals surface area contributed by atoms with Gasteiger partial charge in [-0.2, -0.15) is 0 Å². The number of aromatic nitrogens is 2. The molecular weight excluding hydrogens is 238 g/mol. The summed E-state index contributed by atoms with van der Waals surface area (Å²) in [5.41, 5.74) is 2.24. The van der Waals surface area contributed by atoms with Gasteiger partial charge in [-0.3, -0.25) is 0 Å². The van der Waals surface area contributed by atoms with E-state index < -0.39 is 0 Å². The van der Waals surface area contributed by atoms with Crippen LogP contribution in [0.3, 0.4) is 0 Å². The van der Waals surface area contributed by atoms with Gasteiger partial charge in [0.1, 0.15) is 5.01 Å². The Morgan fingerprint density at radius 3 is 2.56 bits per heavy atom. The number of hydrogen-bond donors (Lipinski definition) is 1. The van der Waals surface area contributed by atoms with Crippen molar-refractivity contribution in [1.82, 2.24) is 15.3 Å². The highest BCUT2D eigenvalue weighted by molar-refractivity contribution is 7.09. The van der Waals surface area contributed by atoms with E-state index in [1.807, 2.05) is 6.92 Å². The van der Waals surface area contributed by atoms with Crippen LogP contribution in [0.2, 0.25) is 0 Å². The number of rotatable bonds is 5. The van der Waals surface area contributed by atoms with E-state index in [9.17, 15) is 0 Å². The van der Waals surface area contributed by atoms with Crippen molar-refractivity contribution >= 4 is 22.7 Å². The molecule has 0 saturated carbocycles. The van der Waals surface area contributed by atoms with Crippen LogP contribution < -0.4 is 5.32 Å². The topological polar surface area (TPSA) is 37.8 Å². The maximum absolute atomic E-state index is 4.50. The lowest BCUT2D eigenvalue weighted by Crippen LogP contribution is -2.12. The van der Waals surface area contributed by atoms with E-state index >= 15 is 0 Å². The highest BCUT2D eigenvalue weighted by atomic mass is 32.1. The van der Waals surface area contributed by atoms with E-state index in [1.165, 1.54) is 5.01 Å². The summed E-state index contributed by atoms with van der Waals surface area (Å²) in [5.74, 6) is 0. The van der Waals surface area contributed by atoms with Crippen LogP contribution in [0.4, 0.5) is 0 Å². The Balaban J connectivity index is 1.79. The molecular formula is C11H15N3S2. The van der Waals surface area contributed by atoms with Crippen LogP contribution in [0.5, 0.6) is 0 Å². The van der Waals surface area contributed by atoms with Gasteiger partial charge in [0, 0.05) is 29.5 Å². The van der Waals surface area contributed by atoms with Crippen molar-refractivity contribution in [1.29, 1.82) is 0 Å². The molecule has 0 aromatic carbocycles. The summed E-state index contributed by atoms with van der Waals surface area (Å²) in [6.45, 7) is 5.81. The van der Waals surface area contributed by atoms with E-state index in [2.05, 4.69) is 33.0 Å². The molecule has 0 aliphatic rings. The molecule has 2 aromatic rings. The molecule has 0 atom stereocenters. The van der Waals surface area contributed by atoms with Crippen molar-refractivity contribution in [2.45, 2.75) is 33.4 Å². The van der Waals surface area contributed by atoms with Crippen LogP contribution in [0.25, 0.3) is 0 Å². The minimum Gasteiger partial charge on any atom is -0.305 e. The Hall–Kier alpha value is -0.780. The van der Waals surface area contributed by atoms with Crippen LogP contribution in [0.15, 0.2) is 10.8 Å². The molecule has 0 unspecified atom stereocenters. The second-order valence-electron chi connectivity index (χ2n) is 3.57. The van der Waals surface area contributed by atoms with Crippen molar-refractivity contribution in [3.8, 4) is 0 Å². The summed E-state index contributed by atoms with van der Waals surface area (Å²) in [4.78, 5) is 8.91. The molecule has 0 aliphatic heterocycles. The van der Waals surface area contributed by atoms with Gasteiger partial charge in [-0.15, -0.1) is 22.7 Å². The van der Waals surface area contributed by atoms with Gasteiger partial charge < -0.3 is 5.32 Å². The first-order valence-electron chi connectivity index (χ1n) is 5.33. The molecule has 0 saturated heterocycles. The Bertz CT molecular complexity index is 448. The molecule has 1 N–H and O–H groups in total. The number of nitrogens with zero attached hydrogens (tertiary/aromatic N) is 2. The van der Waals surface area contributed by atoms with Crippen LogP contribution >= 0.6 is 22.7 Å². The lowest BCUT2D eigenvalue weighted by molar-refractivity contribution is 0.677. The van der Waals surface area contributed by atoms with E-state index in [0.29, 0.717) is 0 Å². The Morgan fingerprint density at radius 1 is 1.12 bits per heavy atom. The molecule has 2 rings (SSSR count). The fourth-order valence-corrected chi connectivity index (χ4v) is 2.86. The first kappa shape index (κ1) is 11.7. The number of thiazole rings is 2. The molecule has 5 heteroatoms. The van der Waals surface area contributed by atoms with Crippen LogP contribution in [-0.4, -0.2) is 9.97 Å². The van der Waals surface area contributed by atoms with Gasteiger partial charge in [0.25, 0.3) is 0 Å². The third-order valence-corrected chi connectivity index (χ3v) is 4.16. The first-order chi connectivity index (χ1) is 7.78. The van der Waals surface area contributed by atoms with Crippen LogP contribution in [0.1, 0.15) is 28.3 Å². The maximum Gasteiger partial charge on any atom is 0.107 e. The lowest BCUT2D eigenvalue weighted by atomic mass is 10.4. The number of aryl methyl sites for hydroxylation is 2. The Kier molecular flexibility index (Phi) is 4.04. The predicted octanol–water partition coefficient (Wildman–Crippen LogP) is 2.76. The van der Waals surface area contributed by atoms with E-state index in [-0.39, 0.29) is 0 Å². The molecule has 3 nitrogen and oxygen atoms in total. The highest BCUT2D eigenvalue weighted by Gasteiger charge is 2.01. The fraction of sp³-hybridized carbons (Fsp3) is 0.455. The van der Waals surface area contributed by atoms with Crippen molar-refractivity contribution in [2.75, 3.05) is 0 Å². The average molecular weight is 253 g/mol. The molecule has 0 spiro atoms. The molecule has 0 bridgehead atoms. The lowest BCUT2D eigenvalue weighted by Gasteiger charge is -1.98. The van der Waals surface area contributed by atoms with Gasteiger partial charge in [-0.25, -0.2) is 9.97 Å². The largest absolute Gasteiger partial charge is 0.305 e. The summed E-state index contributed by atoms with van der Waals surface area (Å²) in [6, 6.07) is 0. The fourth-order valence-electron chi connectivity index (χ4n) is 1.37. The summed E-state index contributed by atoms with van der Waals surface area (Å²) < 4.78 is 0. The number of hydrogen-bond acceptors (Lipinski definition) is 5. The van der Waals surface area contributed by atoms with Crippen LogP contribution in [0, 0.1) is 6.92 Å². The van der Waals surface area contributed by atoms with Gasteiger partial charge in [-0.05, 0) is 13.3 Å². The molecule has 2 aromatic heterocycles. The third-order valence-electron chi connectivity index (χ3n) is 2.15. The summed E-state index contributed by atoms with van der Waals surface area (Å²) in [5, 5.41) is 9.92.